The summed E-state index contributed by atoms with van der Waals surface area (Å²) < 4.78 is 0. The zero-order valence-electron chi connectivity index (χ0n) is 45.4. The van der Waals surface area contributed by atoms with E-state index in [0.717, 1.165) is 0 Å². The molecule has 21 N–H and O–H groups in total. The third kappa shape index (κ3) is 22.1. The molecule has 4 aromatic rings. The highest BCUT2D eigenvalue weighted by Crippen LogP contribution is 2.20. The molecule has 83 heavy (non-hydrogen) atoms. The lowest BCUT2D eigenvalue weighted by atomic mass is 10.00. The quantitative estimate of drug-likeness (QED) is 0.0119. The van der Waals surface area contributed by atoms with E-state index >= 15 is 0 Å². The van der Waals surface area contributed by atoms with Crippen molar-refractivity contribution in [2.75, 3.05) is 19.7 Å². The molecular weight excluding hydrogens is 1090 g/mol. The van der Waals surface area contributed by atoms with Crippen molar-refractivity contribution in [3.63, 3.8) is 0 Å². The lowest BCUT2D eigenvalue weighted by Gasteiger charge is -2.28. The minimum Gasteiger partial charge on any atom is -0.508 e. The Labute approximate surface area is 474 Å². The summed E-state index contributed by atoms with van der Waals surface area (Å²) in [5.41, 5.74) is 18.6. The summed E-state index contributed by atoms with van der Waals surface area (Å²) >= 11 is 0. The normalized spacial score (nSPS) is 13.9. The number of aliphatic imine (C=N–C) groups is 1. The van der Waals surface area contributed by atoms with Crippen LogP contribution in [0.3, 0.4) is 0 Å². The van der Waals surface area contributed by atoms with Gasteiger partial charge in [-0.05, 0) is 60.9 Å². The fraction of sp³-hybridized carbons (Fsp3) is 0.442. The second-order valence-corrected chi connectivity index (χ2v) is 19.5. The van der Waals surface area contributed by atoms with Crippen LogP contribution in [0.15, 0.2) is 72.2 Å². The Morgan fingerprint density at radius 2 is 1.14 bits per heavy atom. The number of aliphatic hydroxyl groups is 1. The monoisotopic (exact) mass is 1160 g/mol. The van der Waals surface area contributed by atoms with E-state index in [1.165, 1.54) is 36.8 Å². The molecule has 2 aromatic heterocycles. The van der Waals surface area contributed by atoms with Crippen molar-refractivity contribution in [1.29, 1.82) is 0 Å². The number of guanidine groups is 1. The third-order valence-corrected chi connectivity index (χ3v) is 12.7. The molecule has 450 valence electrons. The zero-order chi connectivity index (χ0) is 61.3. The molecule has 0 aliphatic heterocycles. The number of nitrogens with zero attached hydrogens (tertiary/aromatic N) is 2. The maximum absolute atomic E-state index is 14.9. The second kappa shape index (κ2) is 32.6. The van der Waals surface area contributed by atoms with Crippen molar-refractivity contribution in [1.82, 2.24) is 57.5 Å². The Balaban J connectivity index is 1.72. The number of aromatic amines is 2. The van der Waals surface area contributed by atoms with E-state index in [1.807, 2.05) is 5.32 Å². The number of H-pyrrole nitrogens is 2. The van der Waals surface area contributed by atoms with E-state index in [9.17, 15) is 68.1 Å². The molecule has 0 radical (unpaired) electrons. The molecule has 8 atom stereocenters. The number of aromatic hydroxyl groups is 1. The number of hydrogen-bond donors (Lipinski definition) is 18. The van der Waals surface area contributed by atoms with Crippen molar-refractivity contribution >= 4 is 82.0 Å². The zero-order valence-corrected chi connectivity index (χ0v) is 45.4. The van der Waals surface area contributed by atoms with Gasteiger partial charge in [-0.2, -0.15) is 0 Å². The lowest BCUT2D eigenvalue weighted by molar-refractivity contribution is -0.139. The van der Waals surface area contributed by atoms with Crippen molar-refractivity contribution in [3.8, 4) is 5.75 Å². The number of carboxylic acid groups (broad SMARTS) is 3. The van der Waals surface area contributed by atoms with Gasteiger partial charge in [0.05, 0.1) is 19.0 Å². The number of phenols is 1. The number of aromatic nitrogens is 3. The van der Waals surface area contributed by atoms with Gasteiger partial charge in [0.25, 0.3) is 0 Å². The number of amides is 8. The molecule has 4 rings (SSSR count). The molecule has 0 saturated heterocycles. The van der Waals surface area contributed by atoms with Gasteiger partial charge in [-0.25, -0.2) is 4.98 Å². The first-order chi connectivity index (χ1) is 39.3. The largest absolute Gasteiger partial charge is 0.508 e. The number of phenolic OH excluding ortho intramolecular Hbond substituents is 1. The number of rotatable bonds is 35. The predicted molar refractivity (Wildman–Crippen MR) is 294 cm³/mol. The fourth-order valence-electron chi connectivity index (χ4n) is 8.25. The Kier molecular flexibility index (Phi) is 25.8. The summed E-state index contributed by atoms with van der Waals surface area (Å²) in [7, 11) is 0. The van der Waals surface area contributed by atoms with Gasteiger partial charge in [0.2, 0.25) is 47.3 Å². The molecule has 8 amide bonds. The Bertz CT molecular complexity index is 2930. The first kappa shape index (κ1) is 65.9. The third-order valence-electron chi connectivity index (χ3n) is 12.7. The first-order valence-corrected chi connectivity index (χ1v) is 26.1. The summed E-state index contributed by atoms with van der Waals surface area (Å²) in [6, 6.07) is 0.0844. The van der Waals surface area contributed by atoms with Crippen LogP contribution in [0.4, 0.5) is 0 Å². The number of nitrogens with two attached hydrogens (primary N) is 3. The van der Waals surface area contributed by atoms with Crippen LogP contribution in [0.25, 0.3) is 10.9 Å². The van der Waals surface area contributed by atoms with Gasteiger partial charge in [-0.3, -0.25) is 57.7 Å². The highest BCUT2D eigenvalue weighted by atomic mass is 16.4. The van der Waals surface area contributed by atoms with Crippen LogP contribution in [0, 0.1) is 5.92 Å². The molecule has 0 saturated carbocycles. The number of carbonyl (C=O) groups excluding carboxylic acids is 8. The van der Waals surface area contributed by atoms with E-state index in [0.29, 0.717) is 22.0 Å². The lowest BCUT2D eigenvalue weighted by Crippen LogP contribution is -2.61. The standard InChI is InChI=1S/C52H71N15O16/c1-26(2)43(67-44(76)32(53)13-15-40(70)71)51(83)62-35(14-16-41(72)73)47(79)65-38(20-29-22-56-25-60-29)50(82)64-37(19-28-21-58-33-7-4-3-6-31(28)33)49(81)63-36(18-27-9-11-30(69)12-10-27)48(80)61-34(8-5-17-57-52(54)55)46(78)66-39(24-68)45(77)59-23-42(74)75/h3-4,6-7,9-12,21-22,25-26,32,34-39,43,58,68-69H,5,8,13-20,23-24,53H2,1-2H3,(H,56,60)(H,59,77)(H,61,80)(H,62,83)(H,63,81)(H,64,82)(H,65,79)(H,66,78)(H,67,76)(H,70,71)(H,72,73)(H,74,75)(H4,54,55,57)/t32-,34-,35-,36-,37-,38-,39-,43-/m0/s1. The molecule has 0 bridgehead atoms. The van der Waals surface area contributed by atoms with E-state index < -0.39 is 152 Å². The van der Waals surface area contributed by atoms with E-state index in [4.69, 9.17) is 27.4 Å². The van der Waals surface area contributed by atoms with Crippen molar-refractivity contribution in [2.45, 2.75) is 120 Å². The number of fused-ring (bicyclic) bond motifs is 1. The molecule has 2 heterocycles. The number of nitrogens with one attached hydrogen (secondary N) is 10. The number of para-hydroxylation sites is 1. The van der Waals surface area contributed by atoms with Crippen LogP contribution in [0.5, 0.6) is 5.75 Å². The first-order valence-electron chi connectivity index (χ1n) is 26.1. The fourth-order valence-corrected chi connectivity index (χ4v) is 8.25. The van der Waals surface area contributed by atoms with Gasteiger partial charge in [0.1, 0.15) is 54.6 Å². The van der Waals surface area contributed by atoms with Crippen LogP contribution >= 0.6 is 0 Å². The SMILES string of the molecule is CC(C)[C@H](NC(=O)[C@@H](N)CCC(=O)O)C(=O)N[C@@H](CCC(=O)O)C(=O)N[C@@H](Cc1cnc[nH]1)C(=O)N[C@@H](Cc1c[nH]c2ccccc12)C(=O)N[C@@H](Cc1ccc(O)cc1)C(=O)N[C@@H](CCCN=C(N)N)C(=O)N[C@@H](CO)C(=O)NCC(=O)O. The number of carboxylic acids is 3. The summed E-state index contributed by atoms with van der Waals surface area (Å²) in [5, 5.41) is 68.1. The summed E-state index contributed by atoms with van der Waals surface area (Å²) in [5.74, 6) is -13.1. The molecule has 31 nitrogen and oxygen atoms in total. The molecule has 0 aliphatic rings. The second-order valence-electron chi connectivity index (χ2n) is 19.5. The molecular formula is C52H71N15O16. The highest BCUT2D eigenvalue weighted by Gasteiger charge is 2.36. The van der Waals surface area contributed by atoms with E-state index in [1.54, 1.807) is 44.3 Å². The smallest absolute Gasteiger partial charge is 0.322 e. The number of aliphatic hydroxyl groups excluding tert-OH is 1. The van der Waals surface area contributed by atoms with Crippen molar-refractivity contribution < 1.29 is 78.3 Å². The number of imidazole rings is 1. The average molecular weight is 1160 g/mol. The van der Waals surface area contributed by atoms with Crippen LogP contribution in [-0.2, 0) is 72.0 Å². The maximum atomic E-state index is 14.9. The molecule has 0 aliphatic carbocycles. The van der Waals surface area contributed by atoms with E-state index in [2.05, 4.69) is 57.2 Å². The summed E-state index contributed by atoms with van der Waals surface area (Å²) in [6.07, 6.45) is 1.21. The van der Waals surface area contributed by atoms with Crippen LogP contribution in [0.2, 0.25) is 0 Å². The predicted octanol–water partition coefficient (Wildman–Crippen LogP) is -4.02. The number of aliphatic carboxylic acids is 3. The number of hydrogen-bond acceptors (Lipinski definition) is 16. The molecule has 0 spiro atoms. The highest BCUT2D eigenvalue weighted by molar-refractivity contribution is 5.99. The number of carbonyl (C=O) groups is 11. The van der Waals surface area contributed by atoms with Crippen LogP contribution < -0.4 is 59.7 Å². The topological polar surface area (TPSA) is 520 Å². The summed E-state index contributed by atoms with van der Waals surface area (Å²) in [4.78, 5) is 160. The Morgan fingerprint density at radius 1 is 0.602 bits per heavy atom. The maximum Gasteiger partial charge on any atom is 0.322 e. The van der Waals surface area contributed by atoms with Crippen molar-refractivity contribution in [2.24, 2.45) is 28.1 Å². The van der Waals surface area contributed by atoms with Crippen LogP contribution in [-0.4, -0.2) is 180 Å². The molecule has 0 unspecified atom stereocenters. The van der Waals surface area contributed by atoms with Gasteiger partial charge < -0.3 is 95.2 Å². The van der Waals surface area contributed by atoms with Gasteiger partial charge in [0.15, 0.2) is 5.96 Å². The average Bonchev–Trinajstić information content (AvgIpc) is 4.12. The van der Waals surface area contributed by atoms with Gasteiger partial charge in [-0.1, -0.05) is 44.2 Å². The number of benzene rings is 2. The minimum atomic E-state index is -1.68. The molecule has 31 heteroatoms. The van der Waals surface area contributed by atoms with Gasteiger partial charge in [0, 0.05) is 67.6 Å². The molecule has 0 fully saturated rings. The molecule has 2 aromatic carbocycles. The Hall–Kier alpha value is -9.65. The van der Waals surface area contributed by atoms with Crippen molar-refractivity contribution in [3.05, 3.63) is 84.1 Å². The van der Waals surface area contributed by atoms with Crippen LogP contribution in [0.1, 0.15) is 69.2 Å². The summed E-state index contributed by atoms with van der Waals surface area (Å²) in [6.45, 7) is 1.23. The van der Waals surface area contributed by atoms with Gasteiger partial charge >= 0.3 is 17.9 Å². The van der Waals surface area contributed by atoms with Gasteiger partial charge in [-0.15, -0.1) is 0 Å². The minimum absolute atomic E-state index is 0.0422. The Morgan fingerprint density at radius 3 is 1.71 bits per heavy atom. The van der Waals surface area contributed by atoms with E-state index in [-0.39, 0.29) is 62.5 Å².